The molecule has 0 fully saturated rings. The third kappa shape index (κ3) is 4.30. The van der Waals surface area contributed by atoms with Crippen LogP contribution in [0.4, 0.5) is 14.9 Å². The SMILES string of the molecule is Cc1cc(CC(C)NC(=O)Nc2ccc(C)c(F)c2)n[nH]1. The van der Waals surface area contributed by atoms with Crippen LogP contribution in [0.2, 0.25) is 0 Å². The van der Waals surface area contributed by atoms with E-state index in [1.54, 1.807) is 19.1 Å². The number of aryl methyl sites for hydroxylation is 2. The number of aromatic amines is 1. The van der Waals surface area contributed by atoms with Gasteiger partial charge in [0.1, 0.15) is 5.82 Å². The first kappa shape index (κ1) is 15.0. The fourth-order valence-corrected chi connectivity index (χ4v) is 2.01. The topological polar surface area (TPSA) is 69.8 Å². The Hall–Kier alpha value is -2.37. The van der Waals surface area contributed by atoms with E-state index in [4.69, 9.17) is 0 Å². The van der Waals surface area contributed by atoms with Gasteiger partial charge in [-0.05, 0) is 44.5 Å². The standard InChI is InChI=1S/C15H19FN4O/c1-9-4-5-12(8-14(9)16)18-15(21)17-10(2)6-13-7-11(3)19-20-13/h4-5,7-8,10H,6H2,1-3H3,(H,19,20)(H2,17,18,21). The minimum absolute atomic E-state index is 0.0806. The Kier molecular flexibility index (Phi) is 4.57. The van der Waals surface area contributed by atoms with Crippen molar-refractivity contribution in [2.75, 3.05) is 5.32 Å². The third-order valence-corrected chi connectivity index (χ3v) is 3.08. The molecule has 1 atom stereocenters. The average Bonchev–Trinajstić information content (AvgIpc) is 2.79. The molecule has 1 aromatic heterocycles. The molecular formula is C15H19FN4O. The van der Waals surface area contributed by atoms with Crippen LogP contribution >= 0.6 is 0 Å². The van der Waals surface area contributed by atoms with E-state index in [-0.39, 0.29) is 17.9 Å². The third-order valence-electron chi connectivity index (χ3n) is 3.08. The average molecular weight is 290 g/mol. The zero-order chi connectivity index (χ0) is 15.4. The molecule has 2 amide bonds. The van der Waals surface area contributed by atoms with Crippen molar-refractivity contribution in [3.05, 3.63) is 47.0 Å². The van der Waals surface area contributed by atoms with Crippen molar-refractivity contribution in [2.45, 2.75) is 33.2 Å². The smallest absolute Gasteiger partial charge is 0.319 e. The van der Waals surface area contributed by atoms with Crippen LogP contribution < -0.4 is 10.6 Å². The number of hydrogen-bond donors (Lipinski definition) is 3. The van der Waals surface area contributed by atoms with E-state index in [0.29, 0.717) is 17.7 Å². The van der Waals surface area contributed by atoms with Gasteiger partial charge >= 0.3 is 6.03 Å². The number of hydrogen-bond acceptors (Lipinski definition) is 2. The van der Waals surface area contributed by atoms with E-state index in [0.717, 1.165) is 11.4 Å². The summed E-state index contributed by atoms with van der Waals surface area (Å²) in [4.78, 5) is 11.8. The number of H-pyrrole nitrogens is 1. The Bertz CT molecular complexity index is 638. The van der Waals surface area contributed by atoms with Crippen LogP contribution in [0.3, 0.4) is 0 Å². The van der Waals surface area contributed by atoms with Gasteiger partial charge in [-0.1, -0.05) is 6.07 Å². The van der Waals surface area contributed by atoms with E-state index in [9.17, 15) is 9.18 Å². The highest BCUT2D eigenvalue weighted by atomic mass is 19.1. The molecule has 0 bridgehead atoms. The molecular weight excluding hydrogens is 271 g/mol. The molecule has 2 aromatic rings. The fraction of sp³-hybridized carbons (Fsp3) is 0.333. The number of carbonyl (C=O) groups excluding carboxylic acids is 1. The Morgan fingerprint density at radius 3 is 2.76 bits per heavy atom. The van der Waals surface area contributed by atoms with E-state index in [1.807, 2.05) is 19.9 Å². The van der Waals surface area contributed by atoms with Crippen LogP contribution in [-0.2, 0) is 6.42 Å². The van der Waals surface area contributed by atoms with Crippen LogP contribution in [0.25, 0.3) is 0 Å². The van der Waals surface area contributed by atoms with Gasteiger partial charge in [-0.15, -0.1) is 0 Å². The molecule has 6 heteroatoms. The summed E-state index contributed by atoms with van der Waals surface area (Å²) in [5, 5.41) is 12.4. The maximum absolute atomic E-state index is 13.4. The molecule has 5 nitrogen and oxygen atoms in total. The summed E-state index contributed by atoms with van der Waals surface area (Å²) in [7, 11) is 0. The molecule has 0 aliphatic carbocycles. The zero-order valence-corrected chi connectivity index (χ0v) is 12.3. The minimum atomic E-state index is -0.363. The molecule has 21 heavy (non-hydrogen) atoms. The number of halogens is 1. The summed E-state index contributed by atoms with van der Waals surface area (Å²) in [6, 6.07) is 6.09. The highest BCUT2D eigenvalue weighted by Crippen LogP contribution is 2.13. The van der Waals surface area contributed by atoms with Gasteiger partial charge in [0.2, 0.25) is 0 Å². The molecule has 1 aromatic carbocycles. The normalized spacial score (nSPS) is 12.0. The predicted octanol–water partition coefficient (Wildman–Crippen LogP) is 2.92. The highest BCUT2D eigenvalue weighted by molar-refractivity contribution is 5.89. The number of nitrogens with zero attached hydrogens (tertiary/aromatic N) is 1. The summed E-state index contributed by atoms with van der Waals surface area (Å²) < 4.78 is 13.4. The second kappa shape index (κ2) is 6.39. The van der Waals surface area contributed by atoms with Gasteiger partial charge in [-0.3, -0.25) is 5.10 Å². The molecule has 0 aliphatic rings. The van der Waals surface area contributed by atoms with Crippen LogP contribution in [-0.4, -0.2) is 22.3 Å². The van der Waals surface area contributed by atoms with E-state index in [2.05, 4.69) is 20.8 Å². The van der Waals surface area contributed by atoms with Gasteiger partial charge < -0.3 is 10.6 Å². The number of amides is 2. The minimum Gasteiger partial charge on any atom is -0.335 e. The number of carbonyl (C=O) groups is 1. The molecule has 1 unspecified atom stereocenters. The molecule has 3 N–H and O–H groups in total. The van der Waals surface area contributed by atoms with Crippen molar-refractivity contribution in [3.8, 4) is 0 Å². The Morgan fingerprint density at radius 1 is 1.38 bits per heavy atom. The molecule has 0 radical (unpaired) electrons. The number of urea groups is 1. The molecule has 0 aliphatic heterocycles. The highest BCUT2D eigenvalue weighted by Gasteiger charge is 2.10. The lowest BCUT2D eigenvalue weighted by molar-refractivity contribution is 0.249. The van der Waals surface area contributed by atoms with Gasteiger partial charge in [-0.2, -0.15) is 5.10 Å². The number of anilines is 1. The Morgan fingerprint density at radius 2 is 2.14 bits per heavy atom. The van der Waals surface area contributed by atoms with Crippen molar-refractivity contribution in [1.82, 2.24) is 15.5 Å². The summed E-state index contributed by atoms with van der Waals surface area (Å²) in [5.41, 5.74) is 2.85. The van der Waals surface area contributed by atoms with E-state index < -0.39 is 0 Å². The summed E-state index contributed by atoms with van der Waals surface area (Å²) in [6.07, 6.45) is 0.625. The first-order valence-electron chi connectivity index (χ1n) is 6.78. The van der Waals surface area contributed by atoms with Crippen molar-refractivity contribution >= 4 is 11.7 Å². The predicted molar refractivity (Wildman–Crippen MR) is 79.8 cm³/mol. The lowest BCUT2D eigenvalue weighted by atomic mass is 10.2. The summed E-state index contributed by atoms with van der Waals surface area (Å²) in [5.74, 6) is -0.340. The van der Waals surface area contributed by atoms with Gasteiger partial charge in [0, 0.05) is 23.8 Å². The first-order valence-corrected chi connectivity index (χ1v) is 6.78. The fourth-order valence-electron chi connectivity index (χ4n) is 2.01. The number of rotatable bonds is 4. The van der Waals surface area contributed by atoms with Crippen LogP contribution in [0, 0.1) is 19.7 Å². The second-order valence-corrected chi connectivity index (χ2v) is 5.21. The van der Waals surface area contributed by atoms with Crippen molar-refractivity contribution < 1.29 is 9.18 Å². The zero-order valence-electron chi connectivity index (χ0n) is 12.3. The van der Waals surface area contributed by atoms with Gasteiger partial charge in [0.25, 0.3) is 0 Å². The lowest BCUT2D eigenvalue weighted by Crippen LogP contribution is -2.37. The summed E-state index contributed by atoms with van der Waals surface area (Å²) >= 11 is 0. The quantitative estimate of drug-likeness (QED) is 0.810. The van der Waals surface area contributed by atoms with Crippen LogP contribution in [0.1, 0.15) is 23.9 Å². The number of benzene rings is 1. The first-order chi connectivity index (χ1) is 9.94. The number of aromatic nitrogens is 2. The molecule has 112 valence electrons. The Balaban J connectivity index is 1.87. The van der Waals surface area contributed by atoms with Crippen molar-refractivity contribution in [3.63, 3.8) is 0 Å². The van der Waals surface area contributed by atoms with E-state index in [1.165, 1.54) is 6.07 Å². The second-order valence-electron chi connectivity index (χ2n) is 5.21. The lowest BCUT2D eigenvalue weighted by Gasteiger charge is -2.13. The summed E-state index contributed by atoms with van der Waals surface area (Å²) in [6.45, 7) is 5.49. The van der Waals surface area contributed by atoms with Crippen LogP contribution in [0.15, 0.2) is 24.3 Å². The van der Waals surface area contributed by atoms with Gasteiger partial charge in [-0.25, -0.2) is 9.18 Å². The number of nitrogens with one attached hydrogen (secondary N) is 3. The van der Waals surface area contributed by atoms with Crippen LogP contribution in [0.5, 0.6) is 0 Å². The van der Waals surface area contributed by atoms with Crippen molar-refractivity contribution in [1.29, 1.82) is 0 Å². The molecule has 1 heterocycles. The maximum Gasteiger partial charge on any atom is 0.319 e. The largest absolute Gasteiger partial charge is 0.335 e. The van der Waals surface area contributed by atoms with Gasteiger partial charge in [0.05, 0.1) is 5.69 Å². The molecule has 0 saturated heterocycles. The molecule has 0 saturated carbocycles. The Labute approximate surface area is 123 Å². The molecule has 2 rings (SSSR count). The maximum atomic E-state index is 13.4. The van der Waals surface area contributed by atoms with Gasteiger partial charge in [0.15, 0.2) is 0 Å². The van der Waals surface area contributed by atoms with Crippen molar-refractivity contribution in [2.24, 2.45) is 0 Å². The monoisotopic (exact) mass is 290 g/mol. The van der Waals surface area contributed by atoms with E-state index >= 15 is 0 Å². The molecule has 0 spiro atoms.